The molecule has 0 radical (unpaired) electrons. The van der Waals surface area contributed by atoms with E-state index in [0.717, 1.165) is 30.4 Å². The molecule has 2 aromatic carbocycles. The summed E-state index contributed by atoms with van der Waals surface area (Å²) in [7, 11) is 0. The molecule has 35 heavy (non-hydrogen) atoms. The minimum absolute atomic E-state index is 0.0344. The average Bonchev–Trinajstić information content (AvgIpc) is 3.17. The zero-order chi connectivity index (χ0) is 24.4. The Labute approximate surface area is 205 Å². The van der Waals surface area contributed by atoms with Crippen LogP contribution in [-0.2, 0) is 14.3 Å². The van der Waals surface area contributed by atoms with Gasteiger partial charge in [-0.2, -0.15) is 0 Å². The topological polar surface area (TPSA) is 105 Å². The van der Waals surface area contributed by atoms with E-state index in [1.54, 1.807) is 0 Å². The maximum Gasteiger partial charge on any atom is 0.408 e. The molecule has 2 atom stereocenters. The van der Waals surface area contributed by atoms with Crippen molar-refractivity contribution in [1.82, 2.24) is 10.6 Å². The number of fused-ring (bicyclic) bond motifs is 3. The molecule has 0 aliphatic heterocycles. The van der Waals surface area contributed by atoms with Crippen LogP contribution in [0.2, 0.25) is 0 Å². The van der Waals surface area contributed by atoms with Gasteiger partial charge in [-0.3, -0.25) is 9.59 Å². The van der Waals surface area contributed by atoms with Gasteiger partial charge >= 0.3 is 12.1 Å². The summed E-state index contributed by atoms with van der Waals surface area (Å²) in [5.74, 6) is -1.17. The van der Waals surface area contributed by atoms with Crippen molar-refractivity contribution in [2.24, 2.45) is 11.8 Å². The first-order valence-electron chi connectivity index (χ1n) is 12.6. The Hall–Kier alpha value is -3.35. The maximum atomic E-state index is 13.0. The number of alkyl carbamates (subject to hydrolysis) is 1. The molecule has 2 fully saturated rings. The van der Waals surface area contributed by atoms with Gasteiger partial charge in [-0.1, -0.05) is 55.0 Å². The quantitative estimate of drug-likeness (QED) is 0.547. The number of ether oxygens (including phenoxy) is 1. The van der Waals surface area contributed by atoms with Gasteiger partial charge in [0.1, 0.15) is 12.1 Å². The van der Waals surface area contributed by atoms with Crippen molar-refractivity contribution in [3.63, 3.8) is 0 Å². The Balaban J connectivity index is 1.17. The summed E-state index contributed by atoms with van der Waals surface area (Å²) in [6.07, 6.45) is 4.50. The van der Waals surface area contributed by atoms with E-state index in [2.05, 4.69) is 34.9 Å². The highest BCUT2D eigenvalue weighted by atomic mass is 16.5. The first kappa shape index (κ1) is 23.4. The molecular weight excluding hydrogens is 444 g/mol. The van der Waals surface area contributed by atoms with Gasteiger partial charge in [-0.25, -0.2) is 4.79 Å². The van der Waals surface area contributed by atoms with Gasteiger partial charge in [0.05, 0.1) is 5.92 Å². The first-order chi connectivity index (χ1) is 17.0. The molecule has 0 bridgehead atoms. The summed E-state index contributed by atoms with van der Waals surface area (Å²) < 4.78 is 5.66. The van der Waals surface area contributed by atoms with Gasteiger partial charge in [0.25, 0.3) is 0 Å². The number of carbonyl (C=O) groups excluding carboxylic acids is 2. The zero-order valence-corrected chi connectivity index (χ0v) is 19.8. The molecule has 5 rings (SSSR count). The summed E-state index contributed by atoms with van der Waals surface area (Å²) >= 11 is 0. The second-order valence-electron chi connectivity index (χ2n) is 10.2. The Morgan fingerprint density at radius 3 is 2.20 bits per heavy atom. The fourth-order valence-electron chi connectivity index (χ4n) is 5.88. The number of aliphatic carboxylic acids is 1. The van der Waals surface area contributed by atoms with Gasteiger partial charge in [-0.15, -0.1) is 0 Å². The molecule has 184 valence electrons. The van der Waals surface area contributed by atoms with E-state index in [1.165, 1.54) is 11.1 Å². The summed E-state index contributed by atoms with van der Waals surface area (Å²) in [4.78, 5) is 37.1. The predicted molar refractivity (Wildman–Crippen MR) is 131 cm³/mol. The molecule has 2 unspecified atom stereocenters. The lowest BCUT2D eigenvalue weighted by Gasteiger charge is -2.40. The third-order valence-corrected chi connectivity index (χ3v) is 8.01. The van der Waals surface area contributed by atoms with Crippen LogP contribution in [0.25, 0.3) is 11.1 Å². The fraction of sp³-hybridized carbons (Fsp3) is 0.464. The summed E-state index contributed by atoms with van der Waals surface area (Å²) in [5, 5.41) is 15.1. The van der Waals surface area contributed by atoms with E-state index in [0.29, 0.717) is 32.2 Å². The SMILES string of the molecule is O=C(NC1(C(=O)NCC2CCCC(C(=O)O)C2)CCC1)OCC1c2ccccc2-c2ccccc21. The van der Waals surface area contributed by atoms with E-state index < -0.39 is 17.6 Å². The lowest BCUT2D eigenvalue weighted by atomic mass is 9.75. The van der Waals surface area contributed by atoms with Crippen LogP contribution in [0.3, 0.4) is 0 Å². The summed E-state index contributed by atoms with van der Waals surface area (Å²) in [6, 6.07) is 16.3. The van der Waals surface area contributed by atoms with Gasteiger partial charge < -0.3 is 20.5 Å². The monoisotopic (exact) mass is 476 g/mol. The summed E-state index contributed by atoms with van der Waals surface area (Å²) in [6.45, 7) is 0.646. The van der Waals surface area contributed by atoms with Gasteiger partial charge in [0, 0.05) is 12.5 Å². The molecule has 3 aliphatic carbocycles. The van der Waals surface area contributed by atoms with Crippen LogP contribution in [0.15, 0.2) is 48.5 Å². The van der Waals surface area contributed by atoms with E-state index >= 15 is 0 Å². The lowest BCUT2D eigenvalue weighted by molar-refractivity contribution is -0.143. The number of amides is 2. The number of carbonyl (C=O) groups is 3. The highest BCUT2D eigenvalue weighted by Crippen LogP contribution is 2.44. The van der Waals surface area contributed by atoms with Crippen molar-refractivity contribution in [3.05, 3.63) is 59.7 Å². The molecule has 0 saturated heterocycles. The largest absolute Gasteiger partial charge is 0.481 e. The minimum Gasteiger partial charge on any atom is -0.481 e. The van der Waals surface area contributed by atoms with Gasteiger partial charge in [0.15, 0.2) is 0 Å². The molecule has 0 spiro atoms. The highest BCUT2D eigenvalue weighted by Gasteiger charge is 2.46. The third kappa shape index (κ3) is 4.64. The van der Waals surface area contributed by atoms with Crippen LogP contribution >= 0.6 is 0 Å². The fourth-order valence-corrected chi connectivity index (χ4v) is 5.88. The molecule has 0 aromatic heterocycles. The smallest absolute Gasteiger partial charge is 0.408 e. The Kier molecular flexibility index (Phi) is 6.50. The third-order valence-electron chi connectivity index (χ3n) is 8.01. The van der Waals surface area contributed by atoms with Gasteiger partial charge in [-0.05, 0) is 66.7 Å². The van der Waals surface area contributed by atoms with E-state index in [9.17, 15) is 19.5 Å². The van der Waals surface area contributed by atoms with E-state index in [1.807, 2.05) is 24.3 Å². The van der Waals surface area contributed by atoms with Crippen molar-refractivity contribution >= 4 is 18.0 Å². The van der Waals surface area contributed by atoms with Crippen molar-refractivity contribution in [3.8, 4) is 11.1 Å². The van der Waals surface area contributed by atoms with Crippen LogP contribution in [0.4, 0.5) is 4.79 Å². The molecule has 0 heterocycles. The predicted octanol–water partition coefficient (Wildman–Crippen LogP) is 4.46. The van der Waals surface area contributed by atoms with Crippen molar-refractivity contribution in [2.45, 2.75) is 56.4 Å². The normalized spacial score (nSPS) is 22.3. The minimum atomic E-state index is -0.941. The number of carboxylic acid groups (broad SMARTS) is 1. The number of nitrogens with one attached hydrogen (secondary N) is 2. The van der Waals surface area contributed by atoms with Crippen LogP contribution in [-0.4, -0.2) is 41.8 Å². The zero-order valence-electron chi connectivity index (χ0n) is 19.8. The molecule has 2 saturated carbocycles. The van der Waals surface area contributed by atoms with Crippen LogP contribution in [0.1, 0.15) is 62.0 Å². The molecular formula is C28H32N2O5. The second-order valence-corrected chi connectivity index (χ2v) is 10.2. The first-order valence-corrected chi connectivity index (χ1v) is 12.6. The number of rotatable bonds is 7. The van der Waals surface area contributed by atoms with Crippen molar-refractivity contribution in [2.75, 3.05) is 13.2 Å². The standard InChI is InChI=1S/C28H32N2O5/c31-25(32)19-8-5-7-18(15-19)16-29-26(33)28(13-6-14-28)30-27(34)35-17-24-22-11-3-1-9-20(22)21-10-2-4-12-23(21)24/h1-4,9-12,18-19,24H,5-8,13-17H2,(H,29,33)(H,30,34)(H,31,32). The molecule has 2 amide bonds. The van der Waals surface area contributed by atoms with Crippen LogP contribution < -0.4 is 10.6 Å². The second kappa shape index (κ2) is 9.72. The Morgan fingerprint density at radius 1 is 0.943 bits per heavy atom. The number of hydrogen-bond acceptors (Lipinski definition) is 4. The van der Waals surface area contributed by atoms with Crippen molar-refractivity contribution in [1.29, 1.82) is 0 Å². The molecule has 2 aromatic rings. The highest BCUT2D eigenvalue weighted by molar-refractivity contribution is 5.91. The van der Waals surface area contributed by atoms with Crippen LogP contribution in [0, 0.1) is 11.8 Å². The summed E-state index contributed by atoms with van der Waals surface area (Å²) in [5.41, 5.74) is 3.68. The number of benzene rings is 2. The Morgan fingerprint density at radius 2 is 1.60 bits per heavy atom. The number of carboxylic acids is 1. The lowest BCUT2D eigenvalue weighted by Crippen LogP contribution is -2.63. The molecule has 7 nitrogen and oxygen atoms in total. The average molecular weight is 477 g/mol. The van der Waals surface area contributed by atoms with Crippen molar-refractivity contribution < 1.29 is 24.2 Å². The van der Waals surface area contributed by atoms with Gasteiger partial charge in [0.2, 0.25) is 5.91 Å². The molecule has 3 aliphatic rings. The number of hydrogen-bond donors (Lipinski definition) is 3. The van der Waals surface area contributed by atoms with E-state index in [-0.39, 0.29) is 30.3 Å². The molecule has 3 N–H and O–H groups in total. The molecule has 7 heteroatoms. The Bertz CT molecular complexity index is 1080. The van der Waals surface area contributed by atoms with E-state index in [4.69, 9.17) is 4.74 Å². The van der Waals surface area contributed by atoms with Crippen LogP contribution in [0.5, 0.6) is 0 Å². The maximum absolute atomic E-state index is 13.0.